The van der Waals surface area contributed by atoms with Gasteiger partial charge in [-0.15, -0.1) is 0 Å². The summed E-state index contributed by atoms with van der Waals surface area (Å²) in [7, 11) is 6.06. The van der Waals surface area contributed by atoms with E-state index in [9.17, 15) is 63.6 Å². The van der Waals surface area contributed by atoms with E-state index in [1.807, 2.05) is 30.3 Å². The molecule has 0 saturated carbocycles. The van der Waals surface area contributed by atoms with E-state index in [-0.39, 0.29) is 19.2 Å². The highest BCUT2D eigenvalue weighted by Gasteiger charge is 2.35. The number of methoxy groups -OCH3 is 5. The highest BCUT2D eigenvalue weighted by molar-refractivity contribution is 5.87. The molecule has 0 aromatic heterocycles. The minimum atomic E-state index is -1.52. The Hall–Kier alpha value is -9.89. The first-order valence-electron chi connectivity index (χ1n) is 28.4. The van der Waals surface area contributed by atoms with Gasteiger partial charge in [0.1, 0.15) is 23.4 Å². The summed E-state index contributed by atoms with van der Waals surface area (Å²) in [6, 6.07) is 39.6. The number of ether oxygens (including phenoxy) is 9. The summed E-state index contributed by atoms with van der Waals surface area (Å²) in [6.07, 6.45) is -5.37. The molecule has 0 bridgehead atoms. The molecule has 502 valence electrons. The van der Waals surface area contributed by atoms with Crippen LogP contribution in [0.5, 0.6) is 0 Å². The van der Waals surface area contributed by atoms with Crippen LogP contribution in [0.25, 0.3) is 6.08 Å². The van der Waals surface area contributed by atoms with Crippen LogP contribution in [0.2, 0.25) is 0 Å². The molecule has 0 saturated heterocycles. The largest absolute Gasteiger partial charge is 0.467 e. The van der Waals surface area contributed by atoms with Crippen LogP contribution in [0.15, 0.2) is 158 Å². The van der Waals surface area contributed by atoms with Crippen LogP contribution in [0, 0.1) is 0 Å². The number of carbonyl (C=O) groups is 9. The monoisotopic (exact) mass is 1290 g/mol. The van der Waals surface area contributed by atoms with Gasteiger partial charge >= 0.3 is 54.2 Å². The summed E-state index contributed by atoms with van der Waals surface area (Å²) >= 11 is 0. The third-order valence-electron chi connectivity index (χ3n) is 11.5. The van der Waals surface area contributed by atoms with Gasteiger partial charge in [-0.25, -0.2) is 43.2 Å². The van der Waals surface area contributed by atoms with Crippen LogP contribution >= 0.6 is 0 Å². The van der Waals surface area contributed by atoms with E-state index in [4.69, 9.17) is 14.2 Å². The molecule has 0 unspecified atom stereocenters. The van der Waals surface area contributed by atoms with Gasteiger partial charge in [0.15, 0.2) is 24.3 Å². The van der Waals surface area contributed by atoms with Gasteiger partial charge in [0.05, 0.1) is 60.8 Å². The summed E-state index contributed by atoms with van der Waals surface area (Å²) in [5.41, 5.74) is 1.74. The molecule has 5 rings (SSSR count). The molecular formula is C66H86N4O22. The lowest BCUT2D eigenvalue weighted by molar-refractivity contribution is -0.152. The second-order valence-electron chi connectivity index (χ2n) is 20.7. The molecule has 0 aliphatic carbocycles. The number of hydrogen-bond acceptors (Lipinski definition) is 22. The minimum Gasteiger partial charge on any atom is -0.467 e. The number of hydrogen-bond donors (Lipinski definition) is 8. The lowest BCUT2D eigenvalue weighted by Gasteiger charge is -2.25. The number of rotatable bonds is 20. The van der Waals surface area contributed by atoms with Crippen LogP contribution in [-0.2, 0) is 66.6 Å². The maximum atomic E-state index is 11.9. The van der Waals surface area contributed by atoms with Gasteiger partial charge in [-0.05, 0) is 89.3 Å². The number of esters is 5. The summed E-state index contributed by atoms with van der Waals surface area (Å²) in [5, 5.41) is 49.9. The normalized spacial score (nSPS) is 13.1. The number of carbonyl (C=O) groups excluding carboxylic acids is 9. The van der Waals surface area contributed by atoms with E-state index in [1.165, 1.54) is 34.5 Å². The molecule has 5 aromatic carbocycles. The van der Waals surface area contributed by atoms with Crippen LogP contribution < -0.4 is 21.3 Å². The minimum absolute atomic E-state index is 0.168. The van der Waals surface area contributed by atoms with Gasteiger partial charge < -0.3 is 84.3 Å². The first-order valence-corrected chi connectivity index (χ1v) is 28.4. The highest BCUT2D eigenvalue weighted by atomic mass is 16.6. The molecule has 0 fully saturated rings. The van der Waals surface area contributed by atoms with Crippen molar-refractivity contribution in [1.82, 2.24) is 21.3 Å². The van der Waals surface area contributed by atoms with E-state index in [0.717, 1.165) is 12.7 Å². The van der Waals surface area contributed by atoms with Crippen LogP contribution in [0.4, 0.5) is 19.2 Å². The Morgan fingerprint density at radius 1 is 0.391 bits per heavy atom. The number of aliphatic hydroxyl groups excluding tert-OH is 4. The van der Waals surface area contributed by atoms with Crippen molar-refractivity contribution >= 4 is 60.3 Å². The molecule has 26 heteroatoms. The molecule has 4 amide bonds. The fraction of sp³-hybridized carbons (Fsp3) is 0.379. The summed E-state index contributed by atoms with van der Waals surface area (Å²) in [4.78, 5) is 103. The highest BCUT2D eigenvalue weighted by Crippen LogP contribution is 2.22. The van der Waals surface area contributed by atoms with Crippen molar-refractivity contribution in [3.05, 3.63) is 186 Å². The van der Waals surface area contributed by atoms with Crippen molar-refractivity contribution in [1.29, 1.82) is 0 Å². The summed E-state index contributed by atoms with van der Waals surface area (Å²) in [5.74, 6) is -3.49. The van der Waals surface area contributed by atoms with Crippen LogP contribution in [-0.4, -0.2) is 159 Å². The molecule has 0 aliphatic heterocycles. The van der Waals surface area contributed by atoms with Gasteiger partial charge in [-0.1, -0.05) is 152 Å². The third-order valence-corrected chi connectivity index (χ3v) is 11.5. The molecular weight excluding hydrogens is 1200 g/mol. The zero-order chi connectivity index (χ0) is 69.4. The molecule has 0 heterocycles. The van der Waals surface area contributed by atoms with Gasteiger partial charge in [0, 0.05) is 6.08 Å². The predicted molar refractivity (Wildman–Crippen MR) is 335 cm³/mol. The van der Waals surface area contributed by atoms with Gasteiger partial charge in [-0.2, -0.15) is 0 Å². The predicted octanol–water partition coefficient (Wildman–Crippen LogP) is 7.46. The zero-order valence-electron chi connectivity index (χ0n) is 53.8. The quantitative estimate of drug-likeness (QED) is 0.0213. The number of alkyl carbamates (subject to hydrolysis) is 4. The Balaban J connectivity index is 0.000000581. The SMILES string of the molecule is CCOC(=O)N[C@H](C(=O)OC)[C@H](O)c1ccccc1.CCOC(=O)N[C@H](c1ccccc1)[C@H](O)C(=O)OC.COC(=O)/C=C/c1ccccc1.COC(=O)[C@@H](NC(=O)OC(C)(C)C)[C@H](O)c1ccccc1.COC(=O)[C@@H](O)[C@H](NC(=O)OC(C)(C)C)c1ccccc1. The van der Waals surface area contributed by atoms with Crippen molar-refractivity contribution in [3.8, 4) is 0 Å². The molecule has 8 atom stereocenters. The van der Waals surface area contributed by atoms with Gasteiger partial charge in [0.25, 0.3) is 0 Å². The third kappa shape index (κ3) is 32.0. The van der Waals surface area contributed by atoms with Gasteiger partial charge in [-0.3, -0.25) is 0 Å². The molecule has 92 heavy (non-hydrogen) atoms. The fourth-order valence-corrected chi connectivity index (χ4v) is 7.26. The molecule has 0 radical (unpaired) electrons. The molecule has 5 aromatic rings. The fourth-order valence-electron chi connectivity index (χ4n) is 7.26. The van der Waals surface area contributed by atoms with Crippen LogP contribution in [0.3, 0.4) is 0 Å². The molecule has 0 spiro atoms. The van der Waals surface area contributed by atoms with E-state index in [2.05, 4.69) is 49.7 Å². The Kier molecular flexibility index (Phi) is 37.4. The van der Waals surface area contributed by atoms with Crippen molar-refractivity contribution in [3.63, 3.8) is 0 Å². The van der Waals surface area contributed by atoms with E-state index in [0.29, 0.717) is 22.3 Å². The first kappa shape index (κ1) is 80.1. The van der Waals surface area contributed by atoms with Gasteiger partial charge in [0.2, 0.25) is 0 Å². The Morgan fingerprint density at radius 2 is 0.674 bits per heavy atom. The first-order chi connectivity index (χ1) is 43.5. The lowest BCUT2D eigenvalue weighted by Crippen LogP contribution is -2.47. The molecule has 0 aliphatic rings. The average Bonchev–Trinajstić information content (AvgIpc) is 1.46. The topological polar surface area (TPSA) is 366 Å². The summed E-state index contributed by atoms with van der Waals surface area (Å²) < 4.78 is 42.3. The number of amides is 4. The number of aliphatic hydroxyl groups is 4. The Morgan fingerprint density at radius 3 is 0.978 bits per heavy atom. The lowest BCUT2D eigenvalue weighted by atomic mass is 10.0. The number of benzene rings is 5. The Labute approximate surface area is 535 Å². The number of nitrogens with one attached hydrogen (secondary N) is 4. The van der Waals surface area contributed by atoms with Crippen molar-refractivity contribution < 1.29 is 106 Å². The zero-order valence-corrected chi connectivity index (χ0v) is 53.8. The average molecular weight is 1290 g/mol. The van der Waals surface area contributed by atoms with Crippen molar-refractivity contribution in [2.45, 2.75) is 115 Å². The van der Waals surface area contributed by atoms with Crippen molar-refractivity contribution in [2.24, 2.45) is 0 Å². The maximum absolute atomic E-state index is 11.9. The second kappa shape index (κ2) is 42.9. The van der Waals surface area contributed by atoms with E-state index in [1.54, 1.807) is 183 Å². The molecule has 26 nitrogen and oxygen atoms in total. The van der Waals surface area contributed by atoms with E-state index >= 15 is 0 Å². The second-order valence-corrected chi connectivity index (χ2v) is 20.7. The van der Waals surface area contributed by atoms with E-state index < -0.39 is 108 Å². The maximum Gasteiger partial charge on any atom is 0.408 e. The van der Waals surface area contributed by atoms with Crippen molar-refractivity contribution in [2.75, 3.05) is 48.8 Å². The van der Waals surface area contributed by atoms with Crippen LogP contribution in [0.1, 0.15) is 107 Å². The standard InChI is InChI=1S/2C15H21NO5.2C13H17NO5.C10H10O2/c1-15(2,3)21-14(19)16-11(13(18)20-4)12(17)10-8-6-5-7-9-10;1-15(2,3)21-14(19)16-11(12(17)13(18)20-4)10-8-6-5-7-9-10;1-3-19-13(17)14-10(12(16)18-2)11(15)9-7-5-4-6-8-9;1-3-19-13(17)14-10(11(15)12(16)18-2)9-7-5-4-6-8-9;1-12-10(11)8-7-9-5-3-2-4-6-9/h2*5-9,11-12,17H,1-4H3,(H,16,19);2*4-8,10-11,15H,3H2,1-2H3,(H,14,17);2-8H,1H3/b;;;;8-7+/t2*11-,12+;2*10-,11+;/m0101./s1. The smallest absolute Gasteiger partial charge is 0.408 e. The Bertz CT molecular complexity index is 3020. The summed E-state index contributed by atoms with van der Waals surface area (Å²) in [6.45, 7) is 13.9. The molecule has 8 N–H and O–H groups in total.